The van der Waals surface area contributed by atoms with E-state index in [4.69, 9.17) is 4.42 Å². The Labute approximate surface area is 84.7 Å². The third-order valence-electron chi connectivity index (χ3n) is 2.84. The van der Waals surface area contributed by atoms with E-state index in [0.717, 1.165) is 5.56 Å². The molecule has 2 atom stereocenters. The van der Waals surface area contributed by atoms with Crippen molar-refractivity contribution in [2.75, 3.05) is 0 Å². The van der Waals surface area contributed by atoms with Gasteiger partial charge in [-0.05, 0) is 18.9 Å². The average Bonchev–Trinajstić information content (AvgIpc) is 2.46. The van der Waals surface area contributed by atoms with E-state index in [2.05, 4.69) is 0 Å². The normalized spacial score (nSPS) is 26.5. The minimum absolute atomic E-state index is 0.163. The van der Waals surface area contributed by atoms with Crippen molar-refractivity contribution in [2.24, 2.45) is 5.92 Å². The Morgan fingerprint density at radius 2 is 2.13 bits per heavy atom. The largest absolute Gasteiger partial charge is 0.469 e. The fourth-order valence-electron chi connectivity index (χ4n) is 2.06. The first-order valence-corrected chi connectivity index (χ1v) is 4.71. The molecule has 0 aliphatic heterocycles. The number of rotatable bonds is 0. The summed E-state index contributed by atoms with van der Waals surface area (Å²) in [5.74, 6) is -1.22. The fourth-order valence-corrected chi connectivity index (χ4v) is 2.06. The van der Waals surface area contributed by atoms with Crippen molar-refractivity contribution in [1.82, 2.24) is 0 Å². The summed E-state index contributed by atoms with van der Waals surface area (Å²) in [7, 11) is 0. The van der Waals surface area contributed by atoms with E-state index in [9.17, 15) is 18.3 Å². The van der Waals surface area contributed by atoms with Gasteiger partial charge in [0.15, 0.2) is 0 Å². The van der Waals surface area contributed by atoms with E-state index < -0.39 is 18.2 Å². The summed E-state index contributed by atoms with van der Waals surface area (Å²) < 4.78 is 42.4. The molecule has 84 valence electrons. The van der Waals surface area contributed by atoms with Crippen LogP contribution in [0.15, 0.2) is 10.7 Å². The van der Waals surface area contributed by atoms with Gasteiger partial charge in [-0.15, -0.1) is 0 Å². The Balaban J connectivity index is 2.31. The van der Waals surface area contributed by atoms with E-state index in [-0.39, 0.29) is 18.6 Å². The highest BCUT2D eigenvalue weighted by atomic mass is 19.4. The second-order valence-corrected chi connectivity index (χ2v) is 3.95. The second-order valence-electron chi connectivity index (χ2n) is 3.95. The lowest BCUT2D eigenvalue weighted by molar-refractivity contribution is -0.185. The van der Waals surface area contributed by atoms with Gasteiger partial charge >= 0.3 is 6.18 Å². The van der Waals surface area contributed by atoms with Gasteiger partial charge in [0.25, 0.3) is 0 Å². The van der Waals surface area contributed by atoms with Gasteiger partial charge in [0.05, 0.1) is 18.3 Å². The monoisotopic (exact) mass is 220 g/mol. The molecule has 1 heterocycles. The van der Waals surface area contributed by atoms with Crippen LogP contribution in [0.3, 0.4) is 0 Å². The van der Waals surface area contributed by atoms with Gasteiger partial charge in [-0.3, -0.25) is 0 Å². The van der Waals surface area contributed by atoms with E-state index in [1.165, 1.54) is 6.26 Å². The van der Waals surface area contributed by atoms with Crippen molar-refractivity contribution < 1.29 is 22.7 Å². The molecule has 0 amide bonds. The number of furan rings is 1. The van der Waals surface area contributed by atoms with Crippen molar-refractivity contribution >= 4 is 0 Å². The summed E-state index contributed by atoms with van der Waals surface area (Å²) in [6.07, 6.45) is -4.36. The molecule has 0 saturated carbocycles. The van der Waals surface area contributed by atoms with Gasteiger partial charge in [-0.25, -0.2) is 0 Å². The summed E-state index contributed by atoms with van der Waals surface area (Å²) in [4.78, 5) is 0. The molecule has 1 aliphatic carbocycles. The summed E-state index contributed by atoms with van der Waals surface area (Å²) >= 11 is 0. The lowest BCUT2D eigenvalue weighted by atomic mass is 9.84. The standard InChI is InChI=1S/C10H11F3O2/c1-5-4-15-8-3-6(10(11,12)13)2-7(14)9(5)8/h4,6-7,14H,2-3H2,1H3/t6-,7-/m0/s1. The molecule has 1 aliphatic rings. The molecule has 0 bridgehead atoms. The van der Waals surface area contributed by atoms with E-state index in [0.29, 0.717) is 5.56 Å². The van der Waals surface area contributed by atoms with Crippen LogP contribution in [-0.2, 0) is 6.42 Å². The van der Waals surface area contributed by atoms with Gasteiger partial charge in [-0.1, -0.05) is 0 Å². The van der Waals surface area contributed by atoms with E-state index in [1.807, 2.05) is 0 Å². The number of fused-ring (bicyclic) bond motifs is 1. The molecule has 15 heavy (non-hydrogen) atoms. The maximum Gasteiger partial charge on any atom is 0.392 e. The molecule has 1 N–H and O–H groups in total. The van der Waals surface area contributed by atoms with Gasteiger partial charge < -0.3 is 9.52 Å². The summed E-state index contributed by atoms with van der Waals surface area (Å²) in [5, 5.41) is 9.60. The topological polar surface area (TPSA) is 33.4 Å². The molecule has 2 rings (SSSR count). The van der Waals surface area contributed by atoms with Crippen LogP contribution < -0.4 is 0 Å². The molecule has 1 aromatic heterocycles. The van der Waals surface area contributed by atoms with Gasteiger partial charge in [-0.2, -0.15) is 13.2 Å². The first-order valence-electron chi connectivity index (χ1n) is 4.71. The summed E-state index contributed by atoms with van der Waals surface area (Å²) in [5.41, 5.74) is 1.26. The Kier molecular flexibility index (Phi) is 2.30. The average molecular weight is 220 g/mol. The van der Waals surface area contributed by atoms with Crippen molar-refractivity contribution in [3.63, 3.8) is 0 Å². The Hall–Kier alpha value is -0.970. The molecule has 1 aromatic rings. The highest BCUT2D eigenvalue weighted by molar-refractivity contribution is 5.31. The van der Waals surface area contributed by atoms with E-state index in [1.54, 1.807) is 6.92 Å². The quantitative estimate of drug-likeness (QED) is 0.729. The molecule has 0 unspecified atom stereocenters. The number of aryl methyl sites for hydroxylation is 1. The Morgan fingerprint density at radius 1 is 1.47 bits per heavy atom. The molecule has 2 nitrogen and oxygen atoms in total. The molecule has 0 radical (unpaired) electrons. The van der Waals surface area contributed by atoms with Crippen LogP contribution in [0, 0.1) is 12.8 Å². The first kappa shape index (κ1) is 10.5. The number of aliphatic hydroxyl groups excluding tert-OH is 1. The number of hydrogen-bond donors (Lipinski definition) is 1. The fraction of sp³-hybridized carbons (Fsp3) is 0.600. The highest BCUT2D eigenvalue weighted by Gasteiger charge is 2.45. The minimum Gasteiger partial charge on any atom is -0.469 e. The molecular formula is C10H11F3O2. The SMILES string of the molecule is Cc1coc2c1[C@@H](O)C[C@H](C(F)(F)F)C2. The molecule has 0 saturated heterocycles. The van der Waals surface area contributed by atoms with Crippen LogP contribution in [0.1, 0.15) is 29.4 Å². The van der Waals surface area contributed by atoms with Crippen LogP contribution in [0.5, 0.6) is 0 Å². The lowest BCUT2D eigenvalue weighted by Crippen LogP contribution is -2.30. The highest BCUT2D eigenvalue weighted by Crippen LogP contribution is 2.42. The van der Waals surface area contributed by atoms with Crippen LogP contribution in [0.4, 0.5) is 13.2 Å². The maximum atomic E-state index is 12.5. The van der Waals surface area contributed by atoms with Crippen molar-refractivity contribution in [1.29, 1.82) is 0 Å². The number of halogens is 3. The van der Waals surface area contributed by atoms with Gasteiger partial charge in [0, 0.05) is 12.0 Å². The molecular weight excluding hydrogens is 209 g/mol. The van der Waals surface area contributed by atoms with Gasteiger partial charge in [0.2, 0.25) is 0 Å². The molecule has 5 heteroatoms. The molecule has 0 fully saturated rings. The van der Waals surface area contributed by atoms with Gasteiger partial charge in [0.1, 0.15) is 5.76 Å². The van der Waals surface area contributed by atoms with Crippen LogP contribution in [0.25, 0.3) is 0 Å². The van der Waals surface area contributed by atoms with Crippen LogP contribution in [0.2, 0.25) is 0 Å². The van der Waals surface area contributed by atoms with Crippen molar-refractivity contribution in [3.05, 3.63) is 23.2 Å². The van der Waals surface area contributed by atoms with Crippen LogP contribution >= 0.6 is 0 Å². The number of alkyl halides is 3. The second kappa shape index (κ2) is 3.27. The third kappa shape index (κ3) is 1.76. The van der Waals surface area contributed by atoms with E-state index >= 15 is 0 Å². The number of aliphatic hydroxyl groups is 1. The minimum atomic E-state index is -4.26. The first-order chi connectivity index (χ1) is 6.89. The zero-order chi connectivity index (χ0) is 11.2. The molecule has 0 aromatic carbocycles. The molecule has 0 spiro atoms. The zero-order valence-electron chi connectivity index (χ0n) is 8.14. The van der Waals surface area contributed by atoms with Crippen molar-refractivity contribution in [2.45, 2.75) is 32.0 Å². The zero-order valence-corrected chi connectivity index (χ0v) is 8.14. The smallest absolute Gasteiger partial charge is 0.392 e. The Morgan fingerprint density at radius 3 is 2.73 bits per heavy atom. The lowest BCUT2D eigenvalue weighted by Gasteiger charge is -2.27. The predicted octanol–water partition coefficient (Wildman–Crippen LogP) is 2.75. The van der Waals surface area contributed by atoms with Crippen molar-refractivity contribution in [3.8, 4) is 0 Å². The predicted molar refractivity (Wildman–Crippen MR) is 46.3 cm³/mol. The third-order valence-corrected chi connectivity index (χ3v) is 2.84. The maximum absolute atomic E-state index is 12.5. The summed E-state index contributed by atoms with van der Waals surface area (Å²) in [6, 6.07) is 0. The Bertz CT molecular complexity index is 367. The van der Waals surface area contributed by atoms with Crippen LogP contribution in [-0.4, -0.2) is 11.3 Å². The number of hydrogen-bond acceptors (Lipinski definition) is 2. The summed E-state index contributed by atoms with van der Waals surface area (Å²) in [6.45, 7) is 1.72.